The second-order valence-electron chi connectivity index (χ2n) is 6.44. The van der Waals surface area contributed by atoms with Crippen molar-refractivity contribution in [3.63, 3.8) is 0 Å². The van der Waals surface area contributed by atoms with Crippen molar-refractivity contribution >= 4 is 11.8 Å². The zero-order chi connectivity index (χ0) is 16.8. The maximum absolute atomic E-state index is 12.1. The van der Waals surface area contributed by atoms with Crippen molar-refractivity contribution in [1.29, 1.82) is 0 Å². The third-order valence-corrected chi connectivity index (χ3v) is 4.63. The molecular weight excluding hydrogens is 308 g/mol. The largest absolute Gasteiger partial charge is 0.485 e. The van der Waals surface area contributed by atoms with Gasteiger partial charge in [0.05, 0.1) is 0 Å². The molecular formula is C18H24N2O4. The van der Waals surface area contributed by atoms with E-state index >= 15 is 0 Å². The summed E-state index contributed by atoms with van der Waals surface area (Å²) in [6, 6.07) is 7.19. The van der Waals surface area contributed by atoms with Gasteiger partial charge in [0.1, 0.15) is 6.61 Å². The number of hydrogen-bond acceptors (Lipinski definition) is 4. The van der Waals surface area contributed by atoms with Gasteiger partial charge in [0.2, 0.25) is 12.0 Å². The number of hydrogen-bond donors (Lipinski definition) is 2. The molecule has 130 valence electrons. The Kier molecular flexibility index (Phi) is 5.56. The normalized spacial score (nSPS) is 20.2. The molecule has 24 heavy (non-hydrogen) atoms. The Morgan fingerprint density at radius 3 is 2.58 bits per heavy atom. The minimum Gasteiger partial charge on any atom is -0.485 e. The van der Waals surface area contributed by atoms with E-state index in [4.69, 9.17) is 9.47 Å². The fraction of sp³-hybridized carbons (Fsp3) is 0.556. The van der Waals surface area contributed by atoms with E-state index in [2.05, 4.69) is 10.9 Å². The van der Waals surface area contributed by atoms with Crippen LogP contribution in [-0.4, -0.2) is 24.5 Å². The van der Waals surface area contributed by atoms with E-state index in [1.54, 1.807) is 12.1 Å². The van der Waals surface area contributed by atoms with Crippen molar-refractivity contribution in [2.75, 3.05) is 6.61 Å². The molecule has 3 rings (SSSR count). The SMILES string of the molecule is O=C(CCC1CCCCC1)NNC(=O)C1COc2ccccc2O1. The molecule has 1 aliphatic carbocycles. The number of ether oxygens (including phenoxy) is 2. The second kappa shape index (κ2) is 8.04. The highest BCUT2D eigenvalue weighted by molar-refractivity contribution is 5.85. The maximum atomic E-state index is 12.1. The smallest absolute Gasteiger partial charge is 0.283 e. The second-order valence-corrected chi connectivity index (χ2v) is 6.44. The molecule has 1 atom stereocenters. The van der Waals surface area contributed by atoms with Crippen molar-refractivity contribution < 1.29 is 19.1 Å². The Labute approximate surface area is 141 Å². The fourth-order valence-corrected chi connectivity index (χ4v) is 3.23. The van der Waals surface area contributed by atoms with Crippen molar-refractivity contribution in [2.45, 2.75) is 51.0 Å². The number of para-hydroxylation sites is 2. The zero-order valence-electron chi connectivity index (χ0n) is 13.8. The monoisotopic (exact) mass is 332 g/mol. The topological polar surface area (TPSA) is 76.7 Å². The van der Waals surface area contributed by atoms with Crippen molar-refractivity contribution in [3.8, 4) is 11.5 Å². The van der Waals surface area contributed by atoms with Crippen molar-refractivity contribution in [3.05, 3.63) is 24.3 Å². The van der Waals surface area contributed by atoms with Gasteiger partial charge in [-0.2, -0.15) is 0 Å². The van der Waals surface area contributed by atoms with Gasteiger partial charge in [-0.1, -0.05) is 44.2 Å². The van der Waals surface area contributed by atoms with Gasteiger partial charge in [-0.3, -0.25) is 20.4 Å². The average Bonchev–Trinajstić information content (AvgIpc) is 2.65. The summed E-state index contributed by atoms with van der Waals surface area (Å²) < 4.78 is 11.1. The molecule has 0 saturated heterocycles. The van der Waals surface area contributed by atoms with Crippen molar-refractivity contribution in [1.82, 2.24) is 10.9 Å². The molecule has 6 nitrogen and oxygen atoms in total. The fourth-order valence-electron chi connectivity index (χ4n) is 3.23. The number of rotatable bonds is 4. The van der Waals surface area contributed by atoms with Crippen LogP contribution < -0.4 is 20.3 Å². The zero-order valence-corrected chi connectivity index (χ0v) is 13.8. The molecule has 2 aliphatic rings. The molecule has 1 aliphatic heterocycles. The van der Waals surface area contributed by atoms with Gasteiger partial charge in [0, 0.05) is 6.42 Å². The van der Waals surface area contributed by atoms with Gasteiger partial charge < -0.3 is 9.47 Å². The predicted octanol–water partition coefficient (Wildman–Crippen LogP) is 2.33. The Morgan fingerprint density at radius 1 is 1.04 bits per heavy atom. The van der Waals surface area contributed by atoms with E-state index < -0.39 is 12.0 Å². The quantitative estimate of drug-likeness (QED) is 0.830. The summed E-state index contributed by atoms with van der Waals surface area (Å²) in [5.74, 6) is 1.24. The molecule has 0 aromatic heterocycles. The molecule has 2 N–H and O–H groups in total. The number of nitrogens with one attached hydrogen (secondary N) is 2. The van der Waals surface area contributed by atoms with E-state index in [0.717, 1.165) is 6.42 Å². The van der Waals surface area contributed by atoms with Crippen LogP contribution in [0.4, 0.5) is 0 Å². The van der Waals surface area contributed by atoms with Crippen LogP contribution in [0.5, 0.6) is 11.5 Å². The van der Waals surface area contributed by atoms with Gasteiger partial charge in [-0.25, -0.2) is 0 Å². The highest BCUT2D eigenvalue weighted by atomic mass is 16.6. The first-order valence-electron chi connectivity index (χ1n) is 8.69. The lowest BCUT2D eigenvalue weighted by molar-refractivity contribution is -0.135. The van der Waals surface area contributed by atoms with E-state index in [-0.39, 0.29) is 12.5 Å². The van der Waals surface area contributed by atoms with Crippen LogP contribution in [-0.2, 0) is 9.59 Å². The lowest BCUT2D eigenvalue weighted by Crippen LogP contribution is -2.50. The molecule has 0 bridgehead atoms. The van der Waals surface area contributed by atoms with E-state index in [9.17, 15) is 9.59 Å². The van der Waals surface area contributed by atoms with E-state index in [1.807, 2.05) is 12.1 Å². The lowest BCUT2D eigenvalue weighted by atomic mass is 9.86. The summed E-state index contributed by atoms with van der Waals surface area (Å²) in [5, 5.41) is 0. The summed E-state index contributed by atoms with van der Waals surface area (Å²) in [6.45, 7) is 0.126. The van der Waals surface area contributed by atoms with Crippen LogP contribution in [0.15, 0.2) is 24.3 Å². The lowest BCUT2D eigenvalue weighted by Gasteiger charge is -2.25. The van der Waals surface area contributed by atoms with Gasteiger partial charge in [0.25, 0.3) is 5.91 Å². The molecule has 0 spiro atoms. The van der Waals surface area contributed by atoms with Crippen LogP contribution in [0.3, 0.4) is 0 Å². The minimum atomic E-state index is -0.765. The summed E-state index contributed by atoms with van der Waals surface area (Å²) in [5.41, 5.74) is 4.90. The summed E-state index contributed by atoms with van der Waals surface area (Å²) in [4.78, 5) is 24.0. The molecule has 6 heteroatoms. The summed E-state index contributed by atoms with van der Waals surface area (Å²) in [6.07, 6.45) is 6.84. The Morgan fingerprint density at radius 2 is 1.79 bits per heavy atom. The molecule has 1 saturated carbocycles. The predicted molar refractivity (Wildman–Crippen MR) is 88.4 cm³/mol. The van der Waals surface area contributed by atoms with Crippen LogP contribution >= 0.6 is 0 Å². The third-order valence-electron chi connectivity index (χ3n) is 4.63. The van der Waals surface area contributed by atoms with Gasteiger partial charge >= 0.3 is 0 Å². The highest BCUT2D eigenvalue weighted by Gasteiger charge is 2.27. The molecule has 1 aromatic carbocycles. The number of carbonyl (C=O) groups is 2. The van der Waals surface area contributed by atoms with Gasteiger partial charge in [0.15, 0.2) is 11.5 Å². The summed E-state index contributed by atoms with van der Waals surface area (Å²) in [7, 11) is 0. The van der Waals surface area contributed by atoms with E-state index in [1.165, 1.54) is 32.1 Å². The first-order valence-corrected chi connectivity index (χ1v) is 8.69. The van der Waals surface area contributed by atoms with Crippen LogP contribution in [0.2, 0.25) is 0 Å². The number of benzene rings is 1. The Hall–Kier alpha value is -2.24. The van der Waals surface area contributed by atoms with Gasteiger partial charge in [-0.05, 0) is 24.5 Å². The van der Waals surface area contributed by atoms with Crippen molar-refractivity contribution in [2.24, 2.45) is 5.92 Å². The molecule has 2 amide bonds. The molecule has 1 heterocycles. The maximum Gasteiger partial charge on any atom is 0.283 e. The summed E-state index contributed by atoms with van der Waals surface area (Å²) >= 11 is 0. The standard InChI is InChI=1S/C18H24N2O4/c21-17(11-10-13-6-2-1-3-7-13)19-20-18(22)16-12-23-14-8-4-5-9-15(14)24-16/h4-5,8-9,13,16H,1-3,6-7,10-12H2,(H,19,21)(H,20,22). The number of carbonyl (C=O) groups excluding carboxylic acids is 2. The minimum absolute atomic E-state index is 0.126. The van der Waals surface area contributed by atoms with Crippen LogP contribution in [0.25, 0.3) is 0 Å². The molecule has 1 fully saturated rings. The Bertz CT molecular complexity index is 584. The highest BCUT2D eigenvalue weighted by Crippen LogP contribution is 2.30. The number of amides is 2. The number of hydrazine groups is 1. The van der Waals surface area contributed by atoms with Crippen LogP contribution in [0, 0.1) is 5.92 Å². The van der Waals surface area contributed by atoms with E-state index in [0.29, 0.717) is 23.8 Å². The van der Waals surface area contributed by atoms with Gasteiger partial charge in [-0.15, -0.1) is 0 Å². The average molecular weight is 332 g/mol. The Balaban J connectivity index is 1.38. The van der Waals surface area contributed by atoms with Crippen LogP contribution in [0.1, 0.15) is 44.9 Å². The molecule has 1 unspecified atom stereocenters. The first kappa shape index (κ1) is 16.6. The first-order chi connectivity index (χ1) is 11.7. The molecule has 1 aromatic rings. The third kappa shape index (κ3) is 4.40. The molecule has 0 radical (unpaired) electrons. The number of fused-ring (bicyclic) bond motifs is 1.